The van der Waals surface area contributed by atoms with Crippen LogP contribution in [-0.2, 0) is 0 Å². The van der Waals surface area contributed by atoms with Gasteiger partial charge < -0.3 is 10.2 Å². The van der Waals surface area contributed by atoms with E-state index in [2.05, 4.69) is 43.3 Å². The maximum atomic E-state index is 4.50. The van der Waals surface area contributed by atoms with Crippen molar-refractivity contribution in [1.82, 2.24) is 10.3 Å². The summed E-state index contributed by atoms with van der Waals surface area (Å²) in [5.41, 5.74) is 0. The van der Waals surface area contributed by atoms with Crippen LogP contribution in [0.5, 0.6) is 0 Å². The van der Waals surface area contributed by atoms with Gasteiger partial charge in [-0.1, -0.05) is 0 Å². The molecule has 18 heavy (non-hydrogen) atoms. The highest BCUT2D eigenvalue weighted by Crippen LogP contribution is 2.24. The molecule has 3 rings (SSSR count). The van der Waals surface area contributed by atoms with Crippen LogP contribution >= 0.6 is 15.9 Å². The molecule has 0 bridgehead atoms. The maximum Gasteiger partial charge on any atom is 0.128 e. The molecule has 0 radical (unpaired) electrons. The third-order valence-electron chi connectivity index (χ3n) is 3.83. The minimum Gasteiger partial charge on any atom is -0.356 e. The molecule has 1 aromatic heterocycles. The molecule has 0 spiro atoms. The summed E-state index contributed by atoms with van der Waals surface area (Å²) in [7, 11) is 0. The predicted molar refractivity (Wildman–Crippen MR) is 77.9 cm³/mol. The van der Waals surface area contributed by atoms with Crippen LogP contribution in [0.4, 0.5) is 5.82 Å². The second-order valence-electron chi connectivity index (χ2n) is 5.47. The van der Waals surface area contributed by atoms with Crippen molar-refractivity contribution in [3.63, 3.8) is 0 Å². The zero-order valence-corrected chi connectivity index (χ0v) is 12.2. The Kier molecular flexibility index (Phi) is 3.85. The quantitative estimate of drug-likeness (QED) is 0.927. The predicted octanol–water partition coefficient (Wildman–Crippen LogP) is 2.81. The largest absolute Gasteiger partial charge is 0.356 e. The molecular weight excluding hydrogens is 290 g/mol. The van der Waals surface area contributed by atoms with Gasteiger partial charge >= 0.3 is 0 Å². The van der Waals surface area contributed by atoms with Gasteiger partial charge in [-0.2, -0.15) is 0 Å². The molecule has 1 saturated heterocycles. The van der Waals surface area contributed by atoms with E-state index in [-0.39, 0.29) is 0 Å². The summed E-state index contributed by atoms with van der Waals surface area (Å²) in [6, 6.07) is 5.01. The highest BCUT2D eigenvalue weighted by atomic mass is 79.9. The second kappa shape index (κ2) is 5.57. The van der Waals surface area contributed by atoms with E-state index >= 15 is 0 Å². The molecule has 1 aliphatic heterocycles. The zero-order chi connectivity index (χ0) is 12.4. The van der Waals surface area contributed by atoms with Crippen molar-refractivity contribution in [1.29, 1.82) is 0 Å². The van der Waals surface area contributed by atoms with Gasteiger partial charge in [0.25, 0.3) is 0 Å². The van der Waals surface area contributed by atoms with E-state index in [1.807, 2.05) is 6.20 Å². The average molecular weight is 310 g/mol. The SMILES string of the molecule is Brc1ccc(N2CCCC(CNC3CC3)C2)nc1. The van der Waals surface area contributed by atoms with Crippen LogP contribution in [0.2, 0.25) is 0 Å². The molecule has 1 atom stereocenters. The number of nitrogens with one attached hydrogen (secondary N) is 1. The molecule has 1 aliphatic carbocycles. The Morgan fingerprint density at radius 3 is 2.94 bits per heavy atom. The first-order valence-electron chi connectivity index (χ1n) is 6.91. The van der Waals surface area contributed by atoms with Gasteiger partial charge in [-0.25, -0.2) is 4.98 Å². The van der Waals surface area contributed by atoms with Crippen LogP contribution in [0.15, 0.2) is 22.8 Å². The standard InChI is InChI=1S/C14H20BrN3/c15-12-3-6-14(17-9-12)18-7-1-2-11(10-18)8-16-13-4-5-13/h3,6,9,11,13,16H,1-2,4-5,7-8,10H2. The molecule has 1 aromatic rings. The Morgan fingerprint density at radius 2 is 2.22 bits per heavy atom. The van der Waals surface area contributed by atoms with Gasteiger partial charge in [-0.05, 0) is 66.2 Å². The van der Waals surface area contributed by atoms with E-state index in [1.165, 1.54) is 32.2 Å². The molecule has 2 heterocycles. The minimum atomic E-state index is 0.782. The first-order valence-corrected chi connectivity index (χ1v) is 7.70. The molecular formula is C14H20BrN3. The molecule has 2 aliphatic rings. The normalized spacial score (nSPS) is 24.3. The summed E-state index contributed by atoms with van der Waals surface area (Å²) in [4.78, 5) is 6.93. The molecule has 0 amide bonds. The molecule has 1 unspecified atom stereocenters. The smallest absolute Gasteiger partial charge is 0.128 e. The first kappa shape index (κ1) is 12.4. The van der Waals surface area contributed by atoms with Gasteiger partial charge in [0, 0.05) is 29.8 Å². The van der Waals surface area contributed by atoms with Gasteiger partial charge in [-0.15, -0.1) is 0 Å². The van der Waals surface area contributed by atoms with Crippen molar-refractivity contribution < 1.29 is 0 Å². The van der Waals surface area contributed by atoms with Crippen molar-refractivity contribution in [3.8, 4) is 0 Å². The maximum absolute atomic E-state index is 4.50. The third-order valence-corrected chi connectivity index (χ3v) is 4.30. The van der Waals surface area contributed by atoms with Crippen LogP contribution < -0.4 is 10.2 Å². The lowest BCUT2D eigenvalue weighted by atomic mass is 9.98. The van der Waals surface area contributed by atoms with Crippen LogP contribution in [0.1, 0.15) is 25.7 Å². The number of aromatic nitrogens is 1. The van der Waals surface area contributed by atoms with E-state index < -0.39 is 0 Å². The summed E-state index contributed by atoms with van der Waals surface area (Å²) in [5.74, 6) is 1.90. The Labute approximate surface area is 117 Å². The van der Waals surface area contributed by atoms with E-state index in [0.29, 0.717) is 0 Å². The molecule has 1 N–H and O–H groups in total. The monoisotopic (exact) mass is 309 g/mol. The lowest BCUT2D eigenvalue weighted by Crippen LogP contribution is -2.40. The van der Waals surface area contributed by atoms with E-state index in [0.717, 1.165) is 35.3 Å². The molecule has 4 heteroatoms. The van der Waals surface area contributed by atoms with Gasteiger partial charge in [0.1, 0.15) is 5.82 Å². The van der Waals surface area contributed by atoms with Crippen molar-refractivity contribution in [2.45, 2.75) is 31.7 Å². The summed E-state index contributed by atoms with van der Waals surface area (Å²) in [6.07, 6.45) is 7.29. The highest BCUT2D eigenvalue weighted by Gasteiger charge is 2.25. The number of hydrogen-bond donors (Lipinski definition) is 1. The summed E-state index contributed by atoms with van der Waals surface area (Å²) < 4.78 is 1.05. The van der Waals surface area contributed by atoms with Gasteiger partial charge in [-0.3, -0.25) is 0 Å². The number of pyridine rings is 1. The lowest BCUT2D eigenvalue weighted by Gasteiger charge is -2.33. The van der Waals surface area contributed by atoms with E-state index in [1.54, 1.807) is 0 Å². The zero-order valence-electron chi connectivity index (χ0n) is 10.6. The van der Waals surface area contributed by atoms with E-state index in [4.69, 9.17) is 0 Å². The second-order valence-corrected chi connectivity index (χ2v) is 6.39. The number of rotatable bonds is 4. The van der Waals surface area contributed by atoms with Gasteiger partial charge in [0.05, 0.1) is 0 Å². The van der Waals surface area contributed by atoms with Crippen LogP contribution in [0.25, 0.3) is 0 Å². The third kappa shape index (κ3) is 3.23. The topological polar surface area (TPSA) is 28.2 Å². The minimum absolute atomic E-state index is 0.782. The molecule has 2 fully saturated rings. The Morgan fingerprint density at radius 1 is 1.33 bits per heavy atom. The molecule has 0 aromatic carbocycles. The number of anilines is 1. The average Bonchev–Trinajstić information content (AvgIpc) is 3.22. The summed E-state index contributed by atoms with van der Waals surface area (Å²) >= 11 is 3.44. The van der Waals surface area contributed by atoms with E-state index in [9.17, 15) is 0 Å². The molecule has 1 saturated carbocycles. The van der Waals surface area contributed by atoms with Crippen molar-refractivity contribution in [3.05, 3.63) is 22.8 Å². The Bertz CT molecular complexity index is 389. The molecule has 3 nitrogen and oxygen atoms in total. The summed E-state index contributed by atoms with van der Waals surface area (Å²) in [6.45, 7) is 3.47. The Balaban J connectivity index is 1.56. The number of piperidine rings is 1. The van der Waals surface area contributed by atoms with Crippen LogP contribution in [0, 0.1) is 5.92 Å². The number of hydrogen-bond acceptors (Lipinski definition) is 3. The fraction of sp³-hybridized carbons (Fsp3) is 0.643. The summed E-state index contributed by atoms with van der Waals surface area (Å²) in [5, 5.41) is 3.65. The first-order chi connectivity index (χ1) is 8.81. The highest BCUT2D eigenvalue weighted by molar-refractivity contribution is 9.10. The number of nitrogens with zero attached hydrogens (tertiary/aromatic N) is 2. The Hall–Kier alpha value is -0.610. The van der Waals surface area contributed by atoms with Gasteiger partial charge in [0.2, 0.25) is 0 Å². The van der Waals surface area contributed by atoms with Crippen molar-refractivity contribution in [2.75, 3.05) is 24.5 Å². The van der Waals surface area contributed by atoms with Crippen LogP contribution in [-0.4, -0.2) is 30.7 Å². The lowest BCUT2D eigenvalue weighted by molar-refractivity contribution is 0.389. The van der Waals surface area contributed by atoms with Crippen molar-refractivity contribution >= 4 is 21.7 Å². The van der Waals surface area contributed by atoms with Gasteiger partial charge in [0.15, 0.2) is 0 Å². The fourth-order valence-electron chi connectivity index (χ4n) is 2.62. The molecule has 98 valence electrons. The van der Waals surface area contributed by atoms with Crippen molar-refractivity contribution in [2.24, 2.45) is 5.92 Å². The number of halogens is 1. The van der Waals surface area contributed by atoms with Crippen LogP contribution in [0.3, 0.4) is 0 Å². The fourth-order valence-corrected chi connectivity index (χ4v) is 2.85.